The van der Waals surface area contributed by atoms with Crippen LogP contribution in [0, 0.1) is 0 Å². The van der Waals surface area contributed by atoms with Gasteiger partial charge in [-0.25, -0.2) is 14.7 Å². The minimum absolute atomic E-state index is 0.257. The average molecular weight is 277 g/mol. The van der Waals surface area contributed by atoms with E-state index in [-0.39, 0.29) is 12.3 Å². The van der Waals surface area contributed by atoms with Gasteiger partial charge >= 0.3 is 11.8 Å². The van der Waals surface area contributed by atoms with E-state index in [2.05, 4.69) is 15.2 Å². The van der Waals surface area contributed by atoms with E-state index in [1.807, 2.05) is 6.92 Å². The Kier molecular flexibility index (Phi) is 4.19. The lowest BCUT2D eigenvalue weighted by molar-refractivity contribution is 0.104. The Balaban J connectivity index is 2.28. The molecule has 106 valence electrons. The average Bonchev–Trinajstić information content (AvgIpc) is 2.86. The maximum Gasteiger partial charge on any atom is 0.513 e. The second-order valence-electron chi connectivity index (χ2n) is 3.99. The molecule has 2 aromatic rings. The number of rotatable bonds is 4. The van der Waals surface area contributed by atoms with Gasteiger partial charge in [0.05, 0.1) is 6.61 Å². The first-order chi connectivity index (χ1) is 9.63. The molecular formula is C13H15N3O4. The van der Waals surface area contributed by atoms with Gasteiger partial charge in [0.1, 0.15) is 5.75 Å². The number of benzene rings is 1. The summed E-state index contributed by atoms with van der Waals surface area (Å²) in [4.78, 5) is 24.9. The third-order valence-corrected chi connectivity index (χ3v) is 2.67. The Morgan fingerprint density at radius 2 is 2.15 bits per heavy atom. The first-order valence-corrected chi connectivity index (χ1v) is 6.26. The van der Waals surface area contributed by atoms with Gasteiger partial charge in [-0.05, 0) is 37.1 Å². The van der Waals surface area contributed by atoms with Crippen LogP contribution in [0.25, 0.3) is 11.4 Å². The van der Waals surface area contributed by atoms with E-state index in [0.29, 0.717) is 18.0 Å². The molecule has 0 aliphatic carbocycles. The highest BCUT2D eigenvalue weighted by atomic mass is 16.7. The normalized spacial score (nSPS) is 10.3. The highest BCUT2D eigenvalue weighted by Crippen LogP contribution is 2.25. The summed E-state index contributed by atoms with van der Waals surface area (Å²) in [5.41, 5.74) is 1.18. The van der Waals surface area contributed by atoms with Gasteiger partial charge in [-0.2, -0.15) is 5.10 Å². The molecular weight excluding hydrogens is 262 g/mol. The Morgan fingerprint density at radius 1 is 1.35 bits per heavy atom. The van der Waals surface area contributed by atoms with Gasteiger partial charge in [0.2, 0.25) is 0 Å². The minimum Gasteiger partial charge on any atom is -0.434 e. The quantitative estimate of drug-likeness (QED) is 0.656. The molecule has 0 saturated carbocycles. The Bertz CT molecular complexity index is 660. The fourth-order valence-electron chi connectivity index (χ4n) is 1.75. The van der Waals surface area contributed by atoms with Crippen molar-refractivity contribution in [3.63, 3.8) is 0 Å². The minimum atomic E-state index is -0.733. The standard InChI is InChI=1S/C13H15N3O4/c1-3-8-7-9(11-14-12(17)16-15-11)5-6-10(8)20-13(18)19-4-2/h5-7H,3-4H2,1-2H3,(H2,14,15,16,17). The van der Waals surface area contributed by atoms with Gasteiger partial charge in [-0.3, -0.25) is 4.98 Å². The van der Waals surface area contributed by atoms with E-state index in [9.17, 15) is 9.59 Å². The maximum absolute atomic E-state index is 11.3. The van der Waals surface area contributed by atoms with Gasteiger partial charge in [-0.1, -0.05) is 6.92 Å². The topological polar surface area (TPSA) is 97.1 Å². The van der Waals surface area contributed by atoms with Crippen LogP contribution in [0.5, 0.6) is 5.75 Å². The number of hydrogen-bond acceptors (Lipinski definition) is 5. The first-order valence-electron chi connectivity index (χ1n) is 6.26. The third kappa shape index (κ3) is 3.05. The number of nitrogens with zero attached hydrogens (tertiary/aromatic N) is 1. The zero-order valence-corrected chi connectivity index (χ0v) is 11.2. The number of carbonyl (C=O) groups excluding carboxylic acids is 1. The van der Waals surface area contributed by atoms with E-state index in [1.165, 1.54) is 0 Å². The monoisotopic (exact) mass is 277 g/mol. The number of aryl methyl sites for hydroxylation is 1. The van der Waals surface area contributed by atoms with E-state index >= 15 is 0 Å². The lowest BCUT2D eigenvalue weighted by atomic mass is 10.1. The molecule has 20 heavy (non-hydrogen) atoms. The molecule has 2 N–H and O–H groups in total. The van der Waals surface area contributed by atoms with E-state index < -0.39 is 6.16 Å². The van der Waals surface area contributed by atoms with Crippen LogP contribution in [-0.4, -0.2) is 27.9 Å². The van der Waals surface area contributed by atoms with Gasteiger partial charge in [0, 0.05) is 5.56 Å². The predicted molar refractivity (Wildman–Crippen MR) is 71.7 cm³/mol. The van der Waals surface area contributed by atoms with Crippen LogP contribution in [0.15, 0.2) is 23.0 Å². The highest BCUT2D eigenvalue weighted by molar-refractivity contribution is 5.66. The summed E-state index contributed by atoms with van der Waals surface area (Å²) in [6.45, 7) is 3.90. The van der Waals surface area contributed by atoms with Crippen LogP contribution in [0.3, 0.4) is 0 Å². The van der Waals surface area contributed by atoms with Crippen LogP contribution in [0.4, 0.5) is 4.79 Å². The molecule has 0 amide bonds. The Hall–Kier alpha value is -2.57. The smallest absolute Gasteiger partial charge is 0.434 e. The molecule has 0 aliphatic heterocycles. The molecule has 7 nitrogen and oxygen atoms in total. The summed E-state index contributed by atoms with van der Waals surface area (Å²) in [5.74, 6) is 0.875. The number of H-pyrrole nitrogens is 2. The fraction of sp³-hybridized carbons (Fsp3) is 0.308. The largest absolute Gasteiger partial charge is 0.513 e. The lowest BCUT2D eigenvalue weighted by Crippen LogP contribution is -2.11. The van der Waals surface area contributed by atoms with Crippen LogP contribution >= 0.6 is 0 Å². The zero-order chi connectivity index (χ0) is 14.5. The molecule has 1 aromatic heterocycles. The second-order valence-corrected chi connectivity index (χ2v) is 3.99. The molecule has 0 atom stereocenters. The molecule has 0 saturated heterocycles. The van der Waals surface area contributed by atoms with E-state index in [4.69, 9.17) is 9.47 Å². The number of nitrogens with one attached hydrogen (secondary N) is 2. The van der Waals surface area contributed by atoms with Gasteiger partial charge in [-0.15, -0.1) is 0 Å². The molecule has 1 aromatic carbocycles. The van der Waals surface area contributed by atoms with Crippen molar-refractivity contribution in [1.29, 1.82) is 0 Å². The van der Waals surface area contributed by atoms with Crippen molar-refractivity contribution in [1.82, 2.24) is 15.2 Å². The lowest BCUT2D eigenvalue weighted by Gasteiger charge is -2.09. The maximum atomic E-state index is 11.3. The second kappa shape index (κ2) is 6.05. The number of ether oxygens (including phenoxy) is 2. The predicted octanol–water partition coefficient (Wildman–Crippen LogP) is 1.86. The first kappa shape index (κ1) is 13.9. The molecule has 0 unspecified atom stereocenters. The summed E-state index contributed by atoms with van der Waals surface area (Å²) in [6.07, 6.45) is -0.0693. The SMILES string of the molecule is CCOC(=O)Oc1ccc(-c2n[nH]c(=O)[nH]2)cc1CC. The zero-order valence-electron chi connectivity index (χ0n) is 11.2. The number of aromatic amines is 2. The Labute approximate surface area is 114 Å². The van der Waals surface area contributed by atoms with Crippen molar-refractivity contribution in [2.24, 2.45) is 0 Å². The van der Waals surface area contributed by atoms with Crippen LogP contribution < -0.4 is 10.4 Å². The summed E-state index contributed by atoms with van der Waals surface area (Å²) in [7, 11) is 0. The highest BCUT2D eigenvalue weighted by Gasteiger charge is 2.11. The van der Waals surface area contributed by atoms with Crippen molar-refractivity contribution >= 4 is 6.16 Å². The molecule has 0 bridgehead atoms. The Morgan fingerprint density at radius 3 is 2.75 bits per heavy atom. The van der Waals surface area contributed by atoms with Crippen molar-refractivity contribution in [2.75, 3.05) is 6.61 Å². The van der Waals surface area contributed by atoms with Crippen LogP contribution in [0.2, 0.25) is 0 Å². The fourth-order valence-corrected chi connectivity index (χ4v) is 1.75. The summed E-state index contributed by atoms with van der Waals surface area (Å²) < 4.78 is 9.85. The van der Waals surface area contributed by atoms with E-state index in [0.717, 1.165) is 11.1 Å². The van der Waals surface area contributed by atoms with Gasteiger partial charge in [0.15, 0.2) is 5.82 Å². The molecule has 0 aliphatic rings. The number of aromatic nitrogens is 3. The van der Waals surface area contributed by atoms with Crippen molar-refractivity contribution in [2.45, 2.75) is 20.3 Å². The van der Waals surface area contributed by atoms with Gasteiger partial charge in [0.25, 0.3) is 0 Å². The summed E-state index contributed by atoms with van der Waals surface area (Å²) in [5, 5.41) is 6.16. The van der Waals surface area contributed by atoms with E-state index in [1.54, 1.807) is 25.1 Å². The molecule has 7 heteroatoms. The van der Waals surface area contributed by atoms with Crippen LogP contribution in [0.1, 0.15) is 19.4 Å². The molecule has 0 spiro atoms. The molecule has 2 rings (SSSR count). The third-order valence-electron chi connectivity index (χ3n) is 2.67. The molecule has 1 heterocycles. The number of carbonyl (C=O) groups is 1. The van der Waals surface area contributed by atoms with Crippen molar-refractivity contribution in [3.05, 3.63) is 34.2 Å². The van der Waals surface area contributed by atoms with Crippen molar-refractivity contribution in [3.8, 4) is 17.1 Å². The molecule has 0 fully saturated rings. The summed E-state index contributed by atoms with van der Waals surface area (Å²) >= 11 is 0. The van der Waals surface area contributed by atoms with Crippen LogP contribution in [-0.2, 0) is 11.2 Å². The number of hydrogen-bond donors (Lipinski definition) is 2. The van der Waals surface area contributed by atoms with Crippen molar-refractivity contribution < 1.29 is 14.3 Å². The summed E-state index contributed by atoms with van der Waals surface area (Å²) in [6, 6.07) is 5.17. The molecule has 0 radical (unpaired) electrons. The van der Waals surface area contributed by atoms with Gasteiger partial charge < -0.3 is 9.47 Å².